The summed E-state index contributed by atoms with van der Waals surface area (Å²) in [6, 6.07) is 10.5. The average molecular weight is 353 g/mol. The molecule has 25 heavy (non-hydrogen) atoms. The van der Waals surface area contributed by atoms with Gasteiger partial charge in [-0.15, -0.1) is 0 Å². The van der Waals surface area contributed by atoms with Crippen molar-refractivity contribution in [2.75, 3.05) is 13.1 Å². The minimum Gasteiger partial charge on any atom is -0.289 e. The molecule has 1 aliphatic heterocycles. The van der Waals surface area contributed by atoms with E-state index in [1.165, 1.54) is 10.4 Å². The smallest absolute Gasteiger partial charge is 0.243 e. The summed E-state index contributed by atoms with van der Waals surface area (Å²) in [7, 11) is -3.54. The highest BCUT2D eigenvalue weighted by Crippen LogP contribution is 2.38. The number of hydrogen-bond acceptors (Lipinski definition) is 3. The Balaban J connectivity index is 1.77. The number of benzene rings is 2. The zero-order valence-corrected chi connectivity index (χ0v) is 14.7. The molecule has 1 fully saturated rings. The molecule has 0 aromatic heterocycles. The standard InChI is InChI=1S/C20H19NO3S/c1-2-14-6-8-16-17-9-7-15(13-19(17)20(22)18(16)12-14)25(23,24)21-10-4-3-5-11-21/h2,6-9,12-13H,1,3-5,10-11H2. The van der Waals surface area contributed by atoms with E-state index in [0.29, 0.717) is 24.2 Å². The zero-order valence-electron chi connectivity index (χ0n) is 13.9. The van der Waals surface area contributed by atoms with Crippen LogP contribution in [0.1, 0.15) is 40.7 Å². The Morgan fingerprint density at radius 2 is 1.52 bits per heavy atom. The lowest BCUT2D eigenvalue weighted by molar-refractivity contribution is 0.104. The van der Waals surface area contributed by atoms with Gasteiger partial charge in [-0.25, -0.2) is 8.42 Å². The molecule has 1 aliphatic carbocycles. The second-order valence-corrected chi connectivity index (χ2v) is 8.45. The lowest BCUT2D eigenvalue weighted by Gasteiger charge is -2.26. The number of rotatable bonds is 3. The van der Waals surface area contributed by atoms with Crippen LogP contribution >= 0.6 is 0 Å². The van der Waals surface area contributed by atoms with Crippen LogP contribution in [-0.4, -0.2) is 31.6 Å². The second kappa shape index (κ2) is 5.93. The topological polar surface area (TPSA) is 54.5 Å². The van der Waals surface area contributed by atoms with Crippen molar-refractivity contribution < 1.29 is 13.2 Å². The molecule has 0 amide bonds. The van der Waals surface area contributed by atoms with Gasteiger partial charge in [0.25, 0.3) is 0 Å². The van der Waals surface area contributed by atoms with E-state index in [0.717, 1.165) is 36.0 Å². The summed E-state index contributed by atoms with van der Waals surface area (Å²) in [4.78, 5) is 13.0. The molecule has 0 bridgehead atoms. The van der Waals surface area contributed by atoms with E-state index in [1.807, 2.05) is 18.2 Å². The minimum atomic E-state index is -3.54. The first kappa shape index (κ1) is 16.2. The molecule has 128 valence electrons. The Labute approximate surface area is 147 Å². The van der Waals surface area contributed by atoms with Crippen molar-refractivity contribution in [2.45, 2.75) is 24.2 Å². The summed E-state index contributed by atoms with van der Waals surface area (Å²) < 4.78 is 27.3. The van der Waals surface area contributed by atoms with Gasteiger partial charge < -0.3 is 0 Å². The molecule has 4 rings (SSSR count). The average Bonchev–Trinajstić information content (AvgIpc) is 2.94. The Kier molecular flexibility index (Phi) is 3.85. The minimum absolute atomic E-state index is 0.121. The van der Waals surface area contributed by atoms with Gasteiger partial charge in [0.1, 0.15) is 0 Å². The van der Waals surface area contributed by atoms with Gasteiger partial charge in [0.05, 0.1) is 4.90 Å². The molecule has 0 spiro atoms. The summed E-state index contributed by atoms with van der Waals surface area (Å²) >= 11 is 0. The first-order valence-electron chi connectivity index (χ1n) is 8.48. The van der Waals surface area contributed by atoms with E-state index in [-0.39, 0.29) is 10.7 Å². The molecule has 0 radical (unpaired) electrons. The van der Waals surface area contributed by atoms with Crippen LogP contribution in [0.25, 0.3) is 17.2 Å². The first-order valence-corrected chi connectivity index (χ1v) is 9.92. The Morgan fingerprint density at radius 3 is 2.20 bits per heavy atom. The largest absolute Gasteiger partial charge is 0.289 e. The predicted molar refractivity (Wildman–Crippen MR) is 98.0 cm³/mol. The number of hydrogen-bond donors (Lipinski definition) is 0. The van der Waals surface area contributed by atoms with Gasteiger partial charge in [-0.05, 0) is 47.7 Å². The molecule has 0 saturated carbocycles. The molecule has 4 nitrogen and oxygen atoms in total. The van der Waals surface area contributed by atoms with Crippen molar-refractivity contribution in [2.24, 2.45) is 0 Å². The van der Waals surface area contributed by atoms with E-state index in [4.69, 9.17) is 0 Å². The van der Waals surface area contributed by atoms with Crippen molar-refractivity contribution in [3.05, 3.63) is 59.7 Å². The summed E-state index contributed by atoms with van der Waals surface area (Å²) in [6.45, 7) is 4.84. The van der Waals surface area contributed by atoms with Gasteiger partial charge in [0, 0.05) is 24.2 Å². The molecular formula is C20H19NO3S. The van der Waals surface area contributed by atoms with E-state index in [9.17, 15) is 13.2 Å². The summed E-state index contributed by atoms with van der Waals surface area (Å²) in [6.07, 6.45) is 4.54. The van der Waals surface area contributed by atoms with E-state index >= 15 is 0 Å². The normalized spacial score (nSPS) is 17.2. The van der Waals surface area contributed by atoms with Crippen LogP contribution in [0.3, 0.4) is 0 Å². The Morgan fingerprint density at radius 1 is 0.880 bits per heavy atom. The second-order valence-electron chi connectivity index (χ2n) is 6.51. The molecule has 1 saturated heterocycles. The number of nitrogens with zero attached hydrogens (tertiary/aromatic N) is 1. The molecule has 0 unspecified atom stereocenters. The van der Waals surface area contributed by atoms with Gasteiger partial charge in [-0.2, -0.15) is 4.31 Å². The highest BCUT2D eigenvalue weighted by atomic mass is 32.2. The lowest BCUT2D eigenvalue weighted by atomic mass is 10.0. The molecule has 2 aromatic rings. The summed E-state index contributed by atoms with van der Waals surface area (Å²) in [5.41, 5.74) is 3.61. The van der Waals surface area contributed by atoms with E-state index < -0.39 is 10.0 Å². The highest BCUT2D eigenvalue weighted by Gasteiger charge is 2.31. The van der Waals surface area contributed by atoms with Crippen molar-refractivity contribution >= 4 is 21.9 Å². The molecule has 2 aliphatic rings. The van der Waals surface area contributed by atoms with Gasteiger partial charge >= 0.3 is 0 Å². The van der Waals surface area contributed by atoms with Crippen LogP contribution in [0, 0.1) is 0 Å². The Hall–Kier alpha value is -2.24. The third kappa shape index (κ3) is 2.55. The highest BCUT2D eigenvalue weighted by molar-refractivity contribution is 7.89. The Bertz CT molecular complexity index is 986. The van der Waals surface area contributed by atoms with E-state index in [2.05, 4.69) is 6.58 Å². The molecule has 5 heteroatoms. The first-order chi connectivity index (χ1) is 12.0. The molecular weight excluding hydrogens is 334 g/mol. The third-order valence-electron chi connectivity index (χ3n) is 5.00. The fraction of sp³-hybridized carbons (Fsp3) is 0.250. The monoisotopic (exact) mass is 353 g/mol. The maximum absolute atomic E-state index is 12.9. The summed E-state index contributed by atoms with van der Waals surface area (Å²) in [5.74, 6) is -0.121. The van der Waals surface area contributed by atoms with Gasteiger partial charge in [-0.3, -0.25) is 4.79 Å². The number of sulfonamides is 1. The van der Waals surface area contributed by atoms with Crippen LogP contribution in [0.4, 0.5) is 0 Å². The number of carbonyl (C=O) groups is 1. The van der Waals surface area contributed by atoms with Gasteiger partial charge in [0.2, 0.25) is 10.0 Å². The number of piperidine rings is 1. The van der Waals surface area contributed by atoms with E-state index in [1.54, 1.807) is 18.2 Å². The third-order valence-corrected chi connectivity index (χ3v) is 6.90. The van der Waals surface area contributed by atoms with Crippen molar-refractivity contribution in [3.63, 3.8) is 0 Å². The number of fused-ring (bicyclic) bond motifs is 3. The zero-order chi connectivity index (χ0) is 17.6. The summed E-state index contributed by atoms with van der Waals surface area (Å²) in [5, 5.41) is 0. The predicted octanol–water partition coefficient (Wildman–Crippen LogP) is 3.72. The lowest BCUT2D eigenvalue weighted by Crippen LogP contribution is -2.35. The van der Waals surface area contributed by atoms with Gasteiger partial charge in [0.15, 0.2) is 5.78 Å². The van der Waals surface area contributed by atoms with Crippen LogP contribution in [0.2, 0.25) is 0 Å². The van der Waals surface area contributed by atoms with Crippen molar-refractivity contribution in [1.82, 2.24) is 4.31 Å². The van der Waals surface area contributed by atoms with Crippen molar-refractivity contribution in [3.8, 4) is 11.1 Å². The SMILES string of the molecule is C=Cc1ccc2c(c1)C(=O)c1cc(S(=O)(=O)N3CCCCC3)ccc1-2. The van der Waals surface area contributed by atoms with Crippen LogP contribution in [0.15, 0.2) is 47.9 Å². The fourth-order valence-corrected chi connectivity index (χ4v) is 5.16. The van der Waals surface area contributed by atoms with Crippen molar-refractivity contribution in [1.29, 1.82) is 0 Å². The molecule has 0 N–H and O–H groups in total. The number of carbonyl (C=O) groups excluding carboxylic acids is 1. The van der Waals surface area contributed by atoms with Crippen LogP contribution in [-0.2, 0) is 10.0 Å². The molecule has 0 atom stereocenters. The fourth-order valence-electron chi connectivity index (χ4n) is 3.62. The molecule has 2 aromatic carbocycles. The number of ketones is 1. The molecule has 1 heterocycles. The van der Waals surface area contributed by atoms with Crippen LogP contribution < -0.4 is 0 Å². The van der Waals surface area contributed by atoms with Crippen LogP contribution in [0.5, 0.6) is 0 Å². The quantitative estimate of drug-likeness (QED) is 0.721. The maximum atomic E-state index is 12.9. The maximum Gasteiger partial charge on any atom is 0.243 e. The van der Waals surface area contributed by atoms with Gasteiger partial charge in [-0.1, -0.05) is 37.3 Å².